The number of nitrogens with one attached hydrogen (secondary N) is 1. The molecule has 102 valence electrons. The Bertz CT molecular complexity index is 672. The maximum atomic E-state index is 4.43. The van der Waals surface area contributed by atoms with Crippen LogP contribution < -0.4 is 5.32 Å². The van der Waals surface area contributed by atoms with Crippen molar-refractivity contribution in [3.8, 4) is 5.82 Å². The minimum atomic E-state index is 0.225. The second-order valence-corrected chi connectivity index (χ2v) is 5.43. The highest BCUT2D eigenvalue weighted by Crippen LogP contribution is 2.24. The van der Waals surface area contributed by atoms with Gasteiger partial charge in [0.1, 0.15) is 12.1 Å². The van der Waals surface area contributed by atoms with Crippen LogP contribution >= 0.6 is 11.3 Å². The monoisotopic (exact) mass is 285 g/mol. The lowest BCUT2D eigenvalue weighted by atomic mass is 10.2. The van der Waals surface area contributed by atoms with E-state index in [0.29, 0.717) is 0 Å². The average molecular weight is 285 g/mol. The molecular weight excluding hydrogens is 270 g/mol. The van der Waals surface area contributed by atoms with E-state index in [9.17, 15) is 0 Å². The third kappa shape index (κ3) is 2.55. The van der Waals surface area contributed by atoms with Crippen LogP contribution in [0, 0.1) is 6.92 Å². The molecule has 0 fully saturated rings. The molecule has 0 aliphatic heterocycles. The van der Waals surface area contributed by atoms with Gasteiger partial charge in [-0.3, -0.25) is 4.57 Å². The Hall–Kier alpha value is -2.21. The first-order valence-electron chi connectivity index (χ1n) is 6.35. The van der Waals surface area contributed by atoms with Gasteiger partial charge in [-0.25, -0.2) is 15.0 Å². The molecule has 0 saturated carbocycles. The maximum Gasteiger partial charge on any atom is 0.137 e. The molecule has 1 unspecified atom stereocenters. The summed E-state index contributed by atoms with van der Waals surface area (Å²) in [5.41, 5.74) is 3.95. The molecule has 20 heavy (non-hydrogen) atoms. The van der Waals surface area contributed by atoms with Crippen molar-refractivity contribution in [3.05, 3.63) is 53.1 Å². The van der Waals surface area contributed by atoms with E-state index < -0.39 is 0 Å². The largest absolute Gasteiger partial charge is 0.376 e. The Labute approximate surface area is 121 Å². The Kier molecular flexibility index (Phi) is 3.47. The predicted octanol–water partition coefficient (Wildman–Crippen LogP) is 3.21. The summed E-state index contributed by atoms with van der Waals surface area (Å²) in [6.07, 6.45) is 7.18. The minimum Gasteiger partial charge on any atom is -0.376 e. The fraction of sp³-hybridized carbons (Fsp3) is 0.214. The molecule has 0 bridgehead atoms. The molecule has 3 rings (SSSR count). The number of rotatable bonds is 4. The summed E-state index contributed by atoms with van der Waals surface area (Å²) in [5.74, 6) is 0.856. The number of anilines is 1. The van der Waals surface area contributed by atoms with Crippen LogP contribution in [0.15, 0.2) is 42.6 Å². The summed E-state index contributed by atoms with van der Waals surface area (Å²) in [6, 6.07) is 4.22. The van der Waals surface area contributed by atoms with E-state index in [0.717, 1.165) is 17.2 Å². The van der Waals surface area contributed by atoms with Crippen molar-refractivity contribution in [2.24, 2.45) is 0 Å². The predicted molar refractivity (Wildman–Crippen MR) is 80.2 cm³/mol. The van der Waals surface area contributed by atoms with Crippen molar-refractivity contribution in [1.82, 2.24) is 19.5 Å². The zero-order valence-corrected chi connectivity index (χ0v) is 12.1. The van der Waals surface area contributed by atoms with Gasteiger partial charge in [0, 0.05) is 17.3 Å². The molecule has 3 heterocycles. The molecule has 0 aromatic carbocycles. The highest BCUT2D eigenvalue weighted by atomic mass is 32.1. The van der Waals surface area contributed by atoms with Crippen LogP contribution in [0.4, 0.5) is 5.69 Å². The van der Waals surface area contributed by atoms with Gasteiger partial charge in [-0.15, -0.1) is 11.3 Å². The topological polar surface area (TPSA) is 55.6 Å². The average Bonchev–Trinajstić information content (AvgIpc) is 3.10. The highest BCUT2D eigenvalue weighted by molar-refractivity contribution is 7.09. The molecule has 5 nitrogen and oxygen atoms in total. The molecule has 1 atom stereocenters. The molecule has 3 aromatic heterocycles. The zero-order chi connectivity index (χ0) is 13.9. The van der Waals surface area contributed by atoms with Crippen molar-refractivity contribution in [2.45, 2.75) is 19.9 Å². The SMILES string of the molecule is Cc1ncsc1C(C)Nc1ccc(-n2ccnc2)nc1. The third-order valence-corrected chi connectivity index (χ3v) is 4.19. The standard InChI is InChI=1S/C14H15N5S/c1-10-14(20-9-17-10)11(2)18-12-3-4-13(16-7-12)19-6-5-15-8-19/h3-9,11,18H,1-2H3. The second kappa shape index (κ2) is 5.42. The zero-order valence-electron chi connectivity index (χ0n) is 11.3. The Balaban J connectivity index is 1.74. The van der Waals surface area contributed by atoms with E-state index in [-0.39, 0.29) is 6.04 Å². The Morgan fingerprint density at radius 1 is 1.30 bits per heavy atom. The summed E-state index contributed by atoms with van der Waals surface area (Å²) in [7, 11) is 0. The number of imidazole rings is 1. The van der Waals surface area contributed by atoms with Crippen molar-refractivity contribution >= 4 is 17.0 Å². The van der Waals surface area contributed by atoms with Gasteiger partial charge in [0.05, 0.1) is 29.1 Å². The van der Waals surface area contributed by atoms with Gasteiger partial charge in [0.15, 0.2) is 0 Å². The number of aromatic nitrogens is 4. The number of nitrogens with zero attached hydrogens (tertiary/aromatic N) is 4. The fourth-order valence-corrected chi connectivity index (χ4v) is 2.87. The lowest BCUT2D eigenvalue weighted by Gasteiger charge is -2.14. The highest BCUT2D eigenvalue weighted by Gasteiger charge is 2.10. The number of thiazole rings is 1. The van der Waals surface area contributed by atoms with Gasteiger partial charge in [-0.1, -0.05) is 0 Å². The molecule has 0 amide bonds. The van der Waals surface area contributed by atoms with Crippen LogP contribution in [0.1, 0.15) is 23.5 Å². The van der Waals surface area contributed by atoms with E-state index in [1.807, 2.05) is 41.5 Å². The second-order valence-electron chi connectivity index (χ2n) is 4.54. The van der Waals surface area contributed by atoms with Gasteiger partial charge in [0.25, 0.3) is 0 Å². The molecule has 0 aliphatic rings. The lowest BCUT2D eigenvalue weighted by molar-refractivity contribution is 0.886. The summed E-state index contributed by atoms with van der Waals surface area (Å²) in [5, 5.41) is 3.44. The molecule has 0 saturated heterocycles. The fourth-order valence-electron chi connectivity index (χ4n) is 2.06. The van der Waals surface area contributed by atoms with Crippen LogP contribution in [-0.4, -0.2) is 19.5 Å². The van der Waals surface area contributed by atoms with Crippen molar-refractivity contribution in [1.29, 1.82) is 0 Å². The molecule has 0 aliphatic carbocycles. The Morgan fingerprint density at radius 2 is 2.20 bits per heavy atom. The van der Waals surface area contributed by atoms with Gasteiger partial charge in [-0.05, 0) is 26.0 Å². The number of hydrogen-bond acceptors (Lipinski definition) is 5. The van der Waals surface area contributed by atoms with Gasteiger partial charge in [0.2, 0.25) is 0 Å². The number of aryl methyl sites for hydroxylation is 1. The number of hydrogen-bond donors (Lipinski definition) is 1. The Morgan fingerprint density at radius 3 is 2.80 bits per heavy atom. The van der Waals surface area contributed by atoms with Crippen LogP contribution in [0.5, 0.6) is 0 Å². The summed E-state index contributed by atoms with van der Waals surface area (Å²) in [4.78, 5) is 14.0. The number of pyridine rings is 1. The molecule has 1 N–H and O–H groups in total. The van der Waals surface area contributed by atoms with Crippen molar-refractivity contribution in [2.75, 3.05) is 5.32 Å². The molecule has 6 heteroatoms. The normalized spacial score (nSPS) is 12.3. The van der Waals surface area contributed by atoms with E-state index in [1.165, 1.54) is 4.88 Å². The van der Waals surface area contributed by atoms with Crippen LogP contribution in [0.25, 0.3) is 5.82 Å². The van der Waals surface area contributed by atoms with Gasteiger partial charge >= 0.3 is 0 Å². The van der Waals surface area contributed by atoms with E-state index in [1.54, 1.807) is 23.9 Å². The maximum absolute atomic E-state index is 4.43. The minimum absolute atomic E-state index is 0.225. The quantitative estimate of drug-likeness (QED) is 0.799. The van der Waals surface area contributed by atoms with Crippen LogP contribution in [0.3, 0.4) is 0 Å². The lowest BCUT2D eigenvalue weighted by Crippen LogP contribution is -2.07. The van der Waals surface area contributed by atoms with Crippen molar-refractivity contribution in [3.63, 3.8) is 0 Å². The molecule has 0 spiro atoms. The smallest absolute Gasteiger partial charge is 0.137 e. The van der Waals surface area contributed by atoms with Gasteiger partial charge < -0.3 is 5.32 Å². The van der Waals surface area contributed by atoms with E-state index in [2.05, 4.69) is 27.2 Å². The first kappa shape index (κ1) is 12.8. The van der Waals surface area contributed by atoms with Crippen LogP contribution in [0.2, 0.25) is 0 Å². The molecule has 3 aromatic rings. The van der Waals surface area contributed by atoms with Crippen LogP contribution in [-0.2, 0) is 0 Å². The van der Waals surface area contributed by atoms with E-state index >= 15 is 0 Å². The summed E-state index contributed by atoms with van der Waals surface area (Å²) < 4.78 is 1.88. The van der Waals surface area contributed by atoms with E-state index in [4.69, 9.17) is 0 Å². The molecule has 0 radical (unpaired) electrons. The van der Waals surface area contributed by atoms with Gasteiger partial charge in [-0.2, -0.15) is 0 Å². The summed E-state index contributed by atoms with van der Waals surface area (Å²) in [6.45, 7) is 4.16. The first-order valence-corrected chi connectivity index (χ1v) is 7.23. The molecular formula is C14H15N5S. The first-order chi connectivity index (χ1) is 9.74. The van der Waals surface area contributed by atoms with Crippen molar-refractivity contribution < 1.29 is 0 Å². The third-order valence-electron chi connectivity index (χ3n) is 3.08. The summed E-state index contributed by atoms with van der Waals surface area (Å²) >= 11 is 1.67.